The van der Waals surface area contributed by atoms with E-state index in [1.807, 2.05) is 53.9 Å². The Hall–Kier alpha value is -4.16. The highest BCUT2D eigenvalue weighted by Gasteiger charge is 2.18. The standard InChI is InChI=1S/C26H17NO4S/c28-23-21(17-5-2-1-3-6-17)24(29)27-25-22(23)20(14-32-25)16-11-9-15(10-12-16)18-7-4-8-19(13-18)26(30)31/h1-14H,(H,30,31)(H2,27,28,29). The first-order chi connectivity index (χ1) is 15.5. The fourth-order valence-corrected chi connectivity index (χ4v) is 4.81. The van der Waals surface area contributed by atoms with Crippen molar-refractivity contribution in [2.24, 2.45) is 0 Å². The largest absolute Gasteiger partial charge is 0.506 e. The summed E-state index contributed by atoms with van der Waals surface area (Å²) >= 11 is 1.37. The highest BCUT2D eigenvalue weighted by atomic mass is 32.1. The normalized spacial score (nSPS) is 11.0. The van der Waals surface area contributed by atoms with Crippen LogP contribution in [0.4, 0.5) is 0 Å². The lowest BCUT2D eigenvalue weighted by Crippen LogP contribution is -2.08. The van der Waals surface area contributed by atoms with Gasteiger partial charge in [0.1, 0.15) is 10.6 Å². The first-order valence-electron chi connectivity index (χ1n) is 9.89. The second-order valence-corrected chi connectivity index (χ2v) is 8.24. The van der Waals surface area contributed by atoms with Crippen LogP contribution in [0.5, 0.6) is 5.75 Å². The van der Waals surface area contributed by atoms with E-state index in [1.54, 1.807) is 30.3 Å². The van der Waals surface area contributed by atoms with E-state index in [9.17, 15) is 19.8 Å². The fourth-order valence-electron chi connectivity index (χ4n) is 3.84. The number of fused-ring (bicyclic) bond motifs is 1. The number of carboxylic acid groups (broad SMARTS) is 1. The zero-order chi connectivity index (χ0) is 22.2. The molecule has 6 heteroatoms. The monoisotopic (exact) mass is 439 g/mol. The number of aromatic hydroxyl groups is 1. The van der Waals surface area contributed by atoms with Crippen LogP contribution in [0.3, 0.4) is 0 Å². The molecule has 5 aromatic rings. The number of benzene rings is 3. The Kier molecular flexibility index (Phi) is 4.84. The van der Waals surface area contributed by atoms with Gasteiger partial charge in [0, 0.05) is 10.9 Å². The minimum Gasteiger partial charge on any atom is -0.506 e. The van der Waals surface area contributed by atoms with Crippen molar-refractivity contribution in [1.82, 2.24) is 4.98 Å². The van der Waals surface area contributed by atoms with Crippen molar-refractivity contribution in [3.63, 3.8) is 0 Å². The van der Waals surface area contributed by atoms with Crippen LogP contribution >= 0.6 is 11.3 Å². The molecule has 3 aromatic carbocycles. The maximum absolute atomic E-state index is 12.6. The number of aromatic nitrogens is 1. The molecule has 5 rings (SSSR count). The van der Waals surface area contributed by atoms with Gasteiger partial charge in [-0.25, -0.2) is 4.79 Å². The fraction of sp³-hybridized carbons (Fsp3) is 0. The van der Waals surface area contributed by atoms with Gasteiger partial charge in [0.2, 0.25) is 0 Å². The number of hydrogen-bond acceptors (Lipinski definition) is 4. The molecule has 5 nitrogen and oxygen atoms in total. The van der Waals surface area contributed by atoms with Gasteiger partial charge in [0.15, 0.2) is 0 Å². The molecule has 156 valence electrons. The lowest BCUT2D eigenvalue weighted by atomic mass is 9.98. The van der Waals surface area contributed by atoms with E-state index in [2.05, 4.69) is 4.98 Å². The van der Waals surface area contributed by atoms with Crippen LogP contribution in [0.15, 0.2) is 89.0 Å². The van der Waals surface area contributed by atoms with Gasteiger partial charge in [-0.05, 0) is 34.4 Å². The van der Waals surface area contributed by atoms with E-state index >= 15 is 0 Å². The summed E-state index contributed by atoms with van der Waals surface area (Å²) in [6.07, 6.45) is 0. The lowest BCUT2D eigenvalue weighted by Gasteiger charge is -2.08. The van der Waals surface area contributed by atoms with Crippen molar-refractivity contribution in [3.05, 3.63) is 100 Å². The van der Waals surface area contributed by atoms with Crippen LogP contribution in [0.1, 0.15) is 10.4 Å². The van der Waals surface area contributed by atoms with Crippen LogP contribution < -0.4 is 5.56 Å². The Labute approximate surface area is 186 Å². The van der Waals surface area contributed by atoms with E-state index in [1.165, 1.54) is 11.3 Å². The highest BCUT2D eigenvalue weighted by molar-refractivity contribution is 7.17. The maximum Gasteiger partial charge on any atom is 0.335 e. The van der Waals surface area contributed by atoms with Crippen molar-refractivity contribution in [1.29, 1.82) is 0 Å². The molecular weight excluding hydrogens is 422 g/mol. The van der Waals surface area contributed by atoms with Gasteiger partial charge in [-0.2, -0.15) is 0 Å². The number of hydrogen-bond donors (Lipinski definition) is 3. The molecule has 0 aliphatic carbocycles. The Bertz CT molecular complexity index is 1520. The minimum absolute atomic E-state index is 0.0376. The molecule has 32 heavy (non-hydrogen) atoms. The van der Waals surface area contributed by atoms with Crippen LogP contribution in [0, 0.1) is 0 Å². The van der Waals surface area contributed by atoms with E-state index in [0.717, 1.165) is 22.3 Å². The molecular formula is C26H17NO4S. The number of thiophene rings is 1. The van der Waals surface area contributed by atoms with E-state index < -0.39 is 5.97 Å². The number of carbonyl (C=O) groups is 1. The van der Waals surface area contributed by atoms with Crippen molar-refractivity contribution >= 4 is 27.5 Å². The summed E-state index contributed by atoms with van der Waals surface area (Å²) in [6.45, 7) is 0. The average Bonchev–Trinajstić information content (AvgIpc) is 3.24. The van der Waals surface area contributed by atoms with Gasteiger partial charge in [0.05, 0.1) is 16.5 Å². The molecule has 0 amide bonds. The van der Waals surface area contributed by atoms with Gasteiger partial charge >= 0.3 is 5.97 Å². The van der Waals surface area contributed by atoms with Crippen LogP contribution in [0.25, 0.3) is 43.6 Å². The second kappa shape index (κ2) is 7.83. The predicted octanol–water partition coefficient (Wildman–Crippen LogP) is 5.99. The van der Waals surface area contributed by atoms with Crippen molar-refractivity contribution in [2.45, 2.75) is 0 Å². The van der Waals surface area contributed by atoms with Gasteiger partial charge in [-0.1, -0.05) is 66.7 Å². The van der Waals surface area contributed by atoms with E-state index in [-0.39, 0.29) is 22.4 Å². The molecule has 0 saturated heterocycles. The first-order valence-corrected chi connectivity index (χ1v) is 10.8. The molecule has 2 aromatic heterocycles. The third kappa shape index (κ3) is 3.36. The third-order valence-corrected chi connectivity index (χ3v) is 6.32. The zero-order valence-electron chi connectivity index (χ0n) is 16.7. The molecule has 0 radical (unpaired) electrons. The summed E-state index contributed by atoms with van der Waals surface area (Å²) in [4.78, 5) is 27.4. The maximum atomic E-state index is 12.6. The van der Waals surface area contributed by atoms with Gasteiger partial charge in [-0.15, -0.1) is 11.3 Å². The Morgan fingerprint density at radius 1 is 0.812 bits per heavy atom. The quantitative estimate of drug-likeness (QED) is 0.321. The molecule has 0 atom stereocenters. The second-order valence-electron chi connectivity index (χ2n) is 7.36. The Morgan fingerprint density at radius 2 is 1.50 bits per heavy atom. The van der Waals surface area contributed by atoms with Gasteiger partial charge in [0.25, 0.3) is 5.56 Å². The number of aromatic amines is 1. The van der Waals surface area contributed by atoms with E-state index in [4.69, 9.17) is 0 Å². The van der Waals surface area contributed by atoms with Crippen molar-refractivity contribution in [3.8, 4) is 39.1 Å². The van der Waals surface area contributed by atoms with Crippen LogP contribution in [0.2, 0.25) is 0 Å². The highest BCUT2D eigenvalue weighted by Crippen LogP contribution is 2.41. The lowest BCUT2D eigenvalue weighted by molar-refractivity contribution is 0.0697. The molecule has 0 bridgehead atoms. The van der Waals surface area contributed by atoms with Crippen LogP contribution in [-0.2, 0) is 0 Å². The summed E-state index contributed by atoms with van der Waals surface area (Å²) in [7, 11) is 0. The molecule has 0 unspecified atom stereocenters. The zero-order valence-corrected chi connectivity index (χ0v) is 17.5. The molecule has 3 N–H and O–H groups in total. The van der Waals surface area contributed by atoms with E-state index in [0.29, 0.717) is 15.8 Å². The molecule has 0 saturated carbocycles. The number of aromatic carboxylic acids is 1. The summed E-state index contributed by atoms with van der Waals surface area (Å²) in [5.41, 5.74) is 4.21. The topological polar surface area (TPSA) is 90.4 Å². The first kappa shape index (κ1) is 19.8. The number of nitrogens with one attached hydrogen (secondary N) is 1. The minimum atomic E-state index is -0.966. The van der Waals surface area contributed by atoms with Gasteiger partial charge < -0.3 is 15.2 Å². The number of carboxylic acids is 1. The molecule has 0 aliphatic rings. The Morgan fingerprint density at radius 3 is 2.22 bits per heavy atom. The number of H-pyrrole nitrogens is 1. The molecule has 0 spiro atoms. The molecule has 2 heterocycles. The smallest absolute Gasteiger partial charge is 0.335 e. The third-order valence-electron chi connectivity index (χ3n) is 5.42. The van der Waals surface area contributed by atoms with Crippen molar-refractivity contribution < 1.29 is 15.0 Å². The van der Waals surface area contributed by atoms with Crippen LogP contribution in [-0.4, -0.2) is 21.2 Å². The molecule has 0 aliphatic heterocycles. The SMILES string of the molecule is O=C(O)c1cccc(-c2ccc(-c3csc4[nH]c(=O)c(-c5ccccc5)c(O)c34)cc2)c1. The van der Waals surface area contributed by atoms with Crippen molar-refractivity contribution in [2.75, 3.05) is 0 Å². The number of rotatable bonds is 4. The van der Waals surface area contributed by atoms with Gasteiger partial charge in [-0.3, -0.25) is 4.79 Å². The summed E-state index contributed by atoms with van der Waals surface area (Å²) in [5.74, 6) is -1.00. The molecule has 0 fully saturated rings. The summed E-state index contributed by atoms with van der Waals surface area (Å²) in [6, 6.07) is 23.6. The average molecular weight is 439 g/mol. The number of pyridine rings is 1. The Balaban J connectivity index is 1.61. The summed E-state index contributed by atoms with van der Waals surface area (Å²) in [5, 5.41) is 22.8. The summed E-state index contributed by atoms with van der Waals surface area (Å²) < 4.78 is 0. The predicted molar refractivity (Wildman–Crippen MR) is 127 cm³/mol.